The standard InChI is InChI=1S/C15H22BrN3O/c1-20-14-2-3-15(16)12(8-14)9-18-10-13(11-18)19-6-4-17-5-7-19/h2-3,8,13,17H,4-7,9-11H2,1H3. The van der Waals surface area contributed by atoms with Crippen molar-refractivity contribution in [2.75, 3.05) is 46.4 Å². The number of nitrogens with one attached hydrogen (secondary N) is 1. The number of nitrogens with zero attached hydrogens (tertiary/aromatic N) is 2. The highest BCUT2D eigenvalue weighted by molar-refractivity contribution is 9.10. The molecule has 2 aliphatic rings. The summed E-state index contributed by atoms with van der Waals surface area (Å²) in [6.07, 6.45) is 0. The summed E-state index contributed by atoms with van der Waals surface area (Å²) < 4.78 is 6.48. The predicted octanol–water partition coefficient (Wildman–Crippen LogP) is 1.55. The Kier molecular flexibility index (Phi) is 4.61. The molecule has 2 saturated heterocycles. The first kappa shape index (κ1) is 14.3. The maximum absolute atomic E-state index is 5.30. The largest absolute Gasteiger partial charge is 0.497 e. The summed E-state index contributed by atoms with van der Waals surface area (Å²) >= 11 is 3.63. The number of benzene rings is 1. The van der Waals surface area contributed by atoms with E-state index < -0.39 is 0 Å². The van der Waals surface area contributed by atoms with Crippen LogP contribution in [0.15, 0.2) is 22.7 Å². The molecule has 20 heavy (non-hydrogen) atoms. The molecule has 2 fully saturated rings. The first-order valence-electron chi connectivity index (χ1n) is 7.26. The van der Waals surface area contributed by atoms with Crippen LogP contribution in [0.5, 0.6) is 5.75 Å². The number of rotatable bonds is 4. The second kappa shape index (κ2) is 6.43. The molecule has 0 aromatic heterocycles. The molecule has 0 saturated carbocycles. The first-order chi connectivity index (χ1) is 9.76. The lowest BCUT2D eigenvalue weighted by Crippen LogP contribution is -2.62. The third-order valence-electron chi connectivity index (χ3n) is 4.25. The number of methoxy groups -OCH3 is 1. The summed E-state index contributed by atoms with van der Waals surface area (Å²) in [5, 5.41) is 3.41. The lowest BCUT2D eigenvalue weighted by molar-refractivity contribution is 0.0221. The topological polar surface area (TPSA) is 27.7 Å². The summed E-state index contributed by atoms with van der Waals surface area (Å²) in [6.45, 7) is 8.03. The van der Waals surface area contributed by atoms with Gasteiger partial charge in [-0.15, -0.1) is 0 Å². The van der Waals surface area contributed by atoms with E-state index in [4.69, 9.17) is 4.74 Å². The van der Waals surface area contributed by atoms with E-state index >= 15 is 0 Å². The molecule has 0 aliphatic carbocycles. The van der Waals surface area contributed by atoms with Crippen LogP contribution in [0.2, 0.25) is 0 Å². The van der Waals surface area contributed by atoms with Gasteiger partial charge in [0.2, 0.25) is 0 Å². The Morgan fingerprint density at radius 3 is 2.75 bits per heavy atom. The van der Waals surface area contributed by atoms with Crippen LogP contribution in [-0.2, 0) is 6.54 Å². The molecule has 0 amide bonds. The van der Waals surface area contributed by atoms with Crippen molar-refractivity contribution in [2.24, 2.45) is 0 Å². The maximum Gasteiger partial charge on any atom is 0.119 e. The number of halogens is 1. The molecule has 0 radical (unpaired) electrons. The average molecular weight is 340 g/mol. The molecule has 4 nitrogen and oxygen atoms in total. The fourth-order valence-electron chi connectivity index (χ4n) is 2.99. The van der Waals surface area contributed by atoms with Gasteiger partial charge in [-0.05, 0) is 23.8 Å². The second-order valence-electron chi connectivity index (χ2n) is 5.59. The molecular weight excluding hydrogens is 318 g/mol. The number of hydrogen-bond donors (Lipinski definition) is 1. The van der Waals surface area contributed by atoms with Gasteiger partial charge in [0.1, 0.15) is 5.75 Å². The van der Waals surface area contributed by atoms with Crippen LogP contribution in [0.3, 0.4) is 0 Å². The van der Waals surface area contributed by atoms with E-state index in [1.54, 1.807) is 7.11 Å². The SMILES string of the molecule is COc1ccc(Br)c(CN2CC(N3CCNCC3)C2)c1. The molecule has 3 rings (SSSR count). The van der Waals surface area contributed by atoms with Gasteiger partial charge in [-0.3, -0.25) is 9.80 Å². The predicted molar refractivity (Wildman–Crippen MR) is 84.2 cm³/mol. The van der Waals surface area contributed by atoms with Crippen LogP contribution in [0.4, 0.5) is 0 Å². The molecule has 1 aromatic rings. The molecule has 110 valence electrons. The van der Waals surface area contributed by atoms with E-state index in [1.165, 1.54) is 36.2 Å². The summed E-state index contributed by atoms with van der Waals surface area (Å²) in [4.78, 5) is 5.12. The summed E-state index contributed by atoms with van der Waals surface area (Å²) in [7, 11) is 1.72. The van der Waals surface area contributed by atoms with Crippen LogP contribution < -0.4 is 10.1 Å². The minimum atomic E-state index is 0.751. The van der Waals surface area contributed by atoms with Crippen LogP contribution in [0.25, 0.3) is 0 Å². The maximum atomic E-state index is 5.30. The van der Waals surface area contributed by atoms with Crippen LogP contribution in [-0.4, -0.2) is 62.2 Å². The van der Waals surface area contributed by atoms with E-state index in [2.05, 4.69) is 43.2 Å². The van der Waals surface area contributed by atoms with Gasteiger partial charge in [-0.1, -0.05) is 15.9 Å². The minimum Gasteiger partial charge on any atom is -0.497 e. The molecule has 2 heterocycles. The Balaban J connectivity index is 1.53. The van der Waals surface area contributed by atoms with Crippen LogP contribution >= 0.6 is 15.9 Å². The normalized spacial score (nSPS) is 21.7. The van der Waals surface area contributed by atoms with E-state index in [1.807, 2.05) is 6.07 Å². The quantitative estimate of drug-likeness (QED) is 0.900. The Morgan fingerprint density at radius 2 is 2.05 bits per heavy atom. The van der Waals surface area contributed by atoms with Gasteiger partial charge in [0, 0.05) is 56.3 Å². The van der Waals surface area contributed by atoms with E-state index in [0.29, 0.717) is 0 Å². The van der Waals surface area contributed by atoms with Crippen molar-refractivity contribution in [2.45, 2.75) is 12.6 Å². The van der Waals surface area contributed by atoms with Crippen molar-refractivity contribution in [1.29, 1.82) is 0 Å². The zero-order valence-corrected chi connectivity index (χ0v) is 13.5. The van der Waals surface area contributed by atoms with Crippen LogP contribution in [0, 0.1) is 0 Å². The highest BCUT2D eigenvalue weighted by atomic mass is 79.9. The van der Waals surface area contributed by atoms with Gasteiger partial charge in [-0.25, -0.2) is 0 Å². The van der Waals surface area contributed by atoms with Crippen molar-refractivity contribution >= 4 is 15.9 Å². The Labute approximate surface area is 129 Å². The van der Waals surface area contributed by atoms with Crippen molar-refractivity contribution in [3.63, 3.8) is 0 Å². The molecular formula is C15H22BrN3O. The Bertz CT molecular complexity index is 456. The molecule has 1 N–H and O–H groups in total. The molecule has 0 unspecified atom stereocenters. The molecule has 0 bridgehead atoms. The average Bonchev–Trinajstić information content (AvgIpc) is 2.45. The van der Waals surface area contributed by atoms with E-state index in [0.717, 1.165) is 31.4 Å². The molecule has 0 atom stereocenters. The van der Waals surface area contributed by atoms with Gasteiger partial charge in [0.05, 0.1) is 7.11 Å². The fraction of sp³-hybridized carbons (Fsp3) is 0.600. The third-order valence-corrected chi connectivity index (χ3v) is 5.03. The second-order valence-corrected chi connectivity index (χ2v) is 6.45. The van der Waals surface area contributed by atoms with Crippen molar-refractivity contribution in [3.8, 4) is 5.75 Å². The molecule has 1 aromatic carbocycles. The highest BCUT2D eigenvalue weighted by Crippen LogP contribution is 2.26. The summed E-state index contributed by atoms with van der Waals surface area (Å²) in [5.41, 5.74) is 1.31. The number of likely N-dealkylation sites (tertiary alicyclic amines) is 1. The minimum absolute atomic E-state index is 0.751. The fourth-order valence-corrected chi connectivity index (χ4v) is 3.36. The number of hydrogen-bond acceptors (Lipinski definition) is 4. The molecule has 5 heteroatoms. The lowest BCUT2D eigenvalue weighted by Gasteiger charge is -2.47. The summed E-state index contributed by atoms with van der Waals surface area (Å²) in [6, 6.07) is 6.94. The lowest BCUT2D eigenvalue weighted by atomic mass is 10.0. The number of piperazine rings is 1. The number of ether oxygens (including phenoxy) is 1. The van der Waals surface area contributed by atoms with Gasteiger partial charge >= 0.3 is 0 Å². The molecule has 0 spiro atoms. The Hall–Kier alpha value is -0.620. The smallest absolute Gasteiger partial charge is 0.119 e. The van der Waals surface area contributed by atoms with Crippen molar-refractivity contribution in [1.82, 2.24) is 15.1 Å². The van der Waals surface area contributed by atoms with Crippen molar-refractivity contribution < 1.29 is 4.74 Å². The van der Waals surface area contributed by atoms with E-state index in [-0.39, 0.29) is 0 Å². The third kappa shape index (κ3) is 3.17. The Morgan fingerprint density at radius 1 is 1.30 bits per heavy atom. The van der Waals surface area contributed by atoms with Gasteiger partial charge in [0.15, 0.2) is 0 Å². The van der Waals surface area contributed by atoms with Crippen molar-refractivity contribution in [3.05, 3.63) is 28.2 Å². The van der Waals surface area contributed by atoms with Crippen LogP contribution in [0.1, 0.15) is 5.56 Å². The zero-order valence-electron chi connectivity index (χ0n) is 11.9. The van der Waals surface area contributed by atoms with Gasteiger partial charge < -0.3 is 10.1 Å². The summed E-state index contributed by atoms with van der Waals surface area (Å²) in [5.74, 6) is 0.933. The zero-order chi connectivity index (χ0) is 13.9. The van der Waals surface area contributed by atoms with E-state index in [9.17, 15) is 0 Å². The van der Waals surface area contributed by atoms with Gasteiger partial charge in [0.25, 0.3) is 0 Å². The monoisotopic (exact) mass is 339 g/mol. The highest BCUT2D eigenvalue weighted by Gasteiger charge is 2.32. The van der Waals surface area contributed by atoms with Gasteiger partial charge in [-0.2, -0.15) is 0 Å². The molecule has 2 aliphatic heterocycles. The first-order valence-corrected chi connectivity index (χ1v) is 8.05.